The van der Waals surface area contributed by atoms with Gasteiger partial charge >= 0.3 is 0 Å². The molecule has 1 aliphatic heterocycles. The van der Waals surface area contributed by atoms with Crippen molar-refractivity contribution in [2.24, 2.45) is 0 Å². The predicted octanol–water partition coefficient (Wildman–Crippen LogP) is 14.3. The van der Waals surface area contributed by atoms with Crippen LogP contribution in [-0.2, 0) is 5.41 Å². The summed E-state index contributed by atoms with van der Waals surface area (Å²) in [6.45, 7) is 0. The zero-order chi connectivity index (χ0) is 39.4. The molecule has 0 N–H and O–H groups in total. The van der Waals surface area contributed by atoms with Crippen LogP contribution in [0.25, 0.3) is 86.0 Å². The Balaban J connectivity index is 1.01. The van der Waals surface area contributed by atoms with E-state index < -0.39 is 5.41 Å². The second kappa shape index (κ2) is 13.1. The van der Waals surface area contributed by atoms with Crippen LogP contribution < -0.4 is 0 Å². The van der Waals surface area contributed by atoms with Gasteiger partial charge in [-0.1, -0.05) is 109 Å². The first-order valence-corrected chi connectivity index (χ1v) is 22.4. The van der Waals surface area contributed by atoms with Crippen LogP contribution >= 0.6 is 34.4 Å². The minimum absolute atomic E-state index is 0.458. The molecule has 0 saturated heterocycles. The molecule has 0 bridgehead atoms. The first kappa shape index (κ1) is 34.1. The fourth-order valence-corrected chi connectivity index (χ4v) is 12.7. The maximum Gasteiger partial charge on any atom is 0.124 e. The molecule has 60 heavy (non-hydrogen) atoms. The van der Waals surface area contributed by atoms with Crippen LogP contribution in [0.2, 0.25) is 0 Å². The molecule has 5 heterocycles. The summed E-state index contributed by atoms with van der Waals surface area (Å²) in [6, 6.07) is 61.6. The Bertz CT molecular complexity index is 3360. The van der Waals surface area contributed by atoms with Gasteiger partial charge in [0.25, 0.3) is 0 Å². The number of hydrogen-bond donors (Lipinski definition) is 0. The van der Waals surface area contributed by atoms with Gasteiger partial charge in [-0.05, 0) is 117 Å². The zero-order valence-electron chi connectivity index (χ0n) is 31.8. The largest absolute Gasteiger partial charge is 0.254 e. The smallest absolute Gasteiger partial charge is 0.124 e. The molecule has 0 amide bonds. The molecule has 0 saturated carbocycles. The molecule has 13 rings (SSSR count). The number of hydrogen-bond acceptors (Lipinski definition) is 7. The van der Waals surface area contributed by atoms with E-state index in [9.17, 15) is 0 Å². The Morgan fingerprint density at radius 3 is 1.48 bits per heavy atom. The Morgan fingerprint density at radius 1 is 0.367 bits per heavy atom. The Kier molecular flexibility index (Phi) is 7.46. The second-order valence-corrected chi connectivity index (χ2v) is 18.5. The van der Waals surface area contributed by atoms with E-state index in [2.05, 4.69) is 158 Å². The van der Waals surface area contributed by atoms with Crippen molar-refractivity contribution < 1.29 is 0 Å². The molecule has 0 unspecified atom stereocenters. The van der Waals surface area contributed by atoms with Crippen LogP contribution in [-0.4, -0.2) is 19.9 Å². The molecule has 7 aromatic carbocycles. The van der Waals surface area contributed by atoms with Gasteiger partial charge < -0.3 is 0 Å². The second-order valence-electron chi connectivity index (χ2n) is 15.3. The first-order valence-electron chi connectivity index (χ1n) is 19.9. The van der Waals surface area contributed by atoms with E-state index in [1.807, 2.05) is 36.3 Å². The number of fused-ring (bicyclic) bond motifs is 12. The zero-order valence-corrected chi connectivity index (χ0v) is 34.3. The predicted molar refractivity (Wildman–Crippen MR) is 249 cm³/mol. The van der Waals surface area contributed by atoms with Crippen molar-refractivity contribution in [1.29, 1.82) is 0 Å². The Morgan fingerprint density at radius 2 is 0.867 bits per heavy atom. The van der Waals surface area contributed by atoms with E-state index in [0.29, 0.717) is 0 Å². The summed E-state index contributed by atoms with van der Waals surface area (Å²) >= 11 is 5.30. The number of pyridine rings is 2. The third-order valence-electron chi connectivity index (χ3n) is 12.1. The molecule has 0 atom stereocenters. The third-order valence-corrected chi connectivity index (χ3v) is 15.4. The summed E-state index contributed by atoms with van der Waals surface area (Å²) in [5, 5.41) is 1.95. The van der Waals surface area contributed by atoms with Crippen molar-refractivity contribution in [2.75, 3.05) is 0 Å². The highest BCUT2D eigenvalue weighted by atomic mass is 32.2. The highest BCUT2D eigenvalue weighted by Gasteiger charge is 2.50. The van der Waals surface area contributed by atoms with Gasteiger partial charge in [0.1, 0.15) is 10.0 Å². The molecule has 1 aliphatic carbocycles. The van der Waals surface area contributed by atoms with Crippen molar-refractivity contribution in [3.63, 3.8) is 0 Å². The minimum Gasteiger partial charge on any atom is -0.254 e. The number of thiazole rings is 2. The minimum atomic E-state index is -0.458. The van der Waals surface area contributed by atoms with E-state index >= 15 is 0 Å². The lowest BCUT2D eigenvalue weighted by Gasteiger charge is -2.39. The lowest BCUT2D eigenvalue weighted by Crippen LogP contribution is -2.31. The Labute approximate surface area is 358 Å². The molecular weight excluding hydrogens is 789 g/mol. The van der Waals surface area contributed by atoms with Gasteiger partial charge in [-0.3, -0.25) is 9.97 Å². The van der Waals surface area contributed by atoms with Crippen LogP contribution in [0.4, 0.5) is 0 Å². The van der Waals surface area contributed by atoms with Gasteiger partial charge in [-0.25, -0.2) is 9.97 Å². The summed E-state index contributed by atoms with van der Waals surface area (Å²) in [5.41, 5.74) is 17.5. The van der Waals surface area contributed by atoms with E-state index in [-0.39, 0.29) is 0 Å². The lowest BCUT2D eigenvalue weighted by atomic mass is 9.67. The fourth-order valence-electron chi connectivity index (χ4n) is 9.56. The average Bonchev–Trinajstić information content (AvgIpc) is 4.02. The summed E-state index contributed by atoms with van der Waals surface area (Å²) in [6.07, 6.45) is 3.87. The monoisotopic (exact) mass is 818 g/mol. The molecule has 0 radical (unpaired) electrons. The maximum atomic E-state index is 5.09. The molecule has 4 nitrogen and oxygen atoms in total. The average molecular weight is 819 g/mol. The van der Waals surface area contributed by atoms with Gasteiger partial charge in [-0.15, -0.1) is 22.7 Å². The normalized spacial score (nSPS) is 13.4. The molecule has 11 aromatic rings. The molecule has 280 valence electrons. The van der Waals surface area contributed by atoms with Crippen LogP contribution in [0.15, 0.2) is 192 Å². The molecule has 0 fully saturated rings. The number of aromatic nitrogens is 4. The standard InChI is InChI=1S/C53H30N4S3/c1-2-12-39-37(11-1)38-22-21-31(30-42(38)53(39)40-13-3-7-17-45(40)58-46-18-8-4-14-41(46)53)35-23-25-55-50-36(24-26-54-49(35)50)32-27-33(51-56-43-15-5-9-19-47(43)59-51)29-34(28-32)52-57-44-16-6-10-20-48(44)60-52/h1-30H. The number of rotatable bonds is 4. The lowest BCUT2D eigenvalue weighted by molar-refractivity contribution is 0.722. The van der Waals surface area contributed by atoms with Crippen LogP contribution in [0, 0.1) is 0 Å². The number of para-hydroxylation sites is 2. The number of nitrogens with zero attached hydrogens (tertiary/aromatic N) is 4. The van der Waals surface area contributed by atoms with E-state index in [4.69, 9.17) is 19.9 Å². The highest BCUT2D eigenvalue weighted by Crippen LogP contribution is 2.62. The van der Waals surface area contributed by atoms with Crippen molar-refractivity contribution in [3.05, 3.63) is 205 Å². The van der Waals surface area contributed by atoms with Crippen LogP contribution in [0.1, 0.15) is 22.3 Å². The summed E-state index contributed by atoms with van der Waals surface area (Å²) < 4.78 is 2.33. The summed E-state index contributed by atoms with van der Waals surface area (Å²) in [4.78, 5) is 22.9. The molecule has 4 aromatic heterocycles. The Hall–Kier alpha value is -6.77. The van der Waals surface area contributed by atoms with Crippen molar-refractivity contribution >= 4 is 65.9 Å². The van der Waals surface area contributed by atoms with E-state index in [1.54, 1.807) is 22.7 Å². The highest BCUT2D eigenvalue weighted by molar-refractivity contribution is 7.99. The summed E-state index contributed by atoms with van der Waals surface area (Å²) in [5.74, 6) is 0. The van der Waals surface area contributed by atoms with Crippen molar-refractivity contribution in [1.82, 2.24) is 19.9 Å². The quantitative estimate of drug-likeness (QED) is 0.177. The van der Waals surface area contributed by atoms with E-state index in [1.165, 1.54) is 52.6 Å². The SMILES string of the molecule is c1ccc2c(c1)Sc1ccccc1C21c2ccccc2-c2ccc(-c3ccnc4c(-c5cc(-c6nc7ccccc7s6)cc(-c6nc7ccccc7s6)c5)ccnc34)cc21. The van der Waals surface area contributed by atoms with Gasteiger partial charge in [0.2, 0.25) is 0 Å². The number of benzene rings is 7. The molecule has 1 spiro atoms. The molecule has 7 heteroatoms. The molecule has 2 aliphatic rings. The van der Waals surface area contributed by atoms with Gasteiger partial charge in [0, 0.05) is 44.4 Å². The van der Waals surface area contributed by atoms with Crippen LogP contribution in [0.5, 0.6) is 0 Å². The van der Waals surface area contributed by atoms with Crippen molar-refractivity contribution in [2.45, 2.75) is 15.2 Å². The summed E-state index contributed by atoms with van der Waals surface area (Å²) in [7, 11) is 0. The van der Waals surface area contributed by atoms with Gasteiger partial charge in [0.15, 0.2) is 0 Å². The van der Waals surface area contributed by atoms with Crippen LogP contribution in [0.3, 0.4) is 0 Å². The van der Waals surface area contributed by atoms with Gasteiger partial charge in [-0.2, -0.15) is 0 Å². The van der Waals surface area contributed by atoms with E-state index in [0.717, 1.165) is 65.5 Å². The van der Waals surface area contributed by atoms with Gasteiger partial charge in [0.05, 0.1) is 36.9 Å². The topological polar surface area (TPSA) is 51.6 Å². The maximum absolute atomic E-state index is 5.09. The third kappa shape index (κ3) is 4.97. The molecular formula is C53H30N4S3. The van der Waals surface area contributed by atoms with Crippen molar-refractivity contribution in [3.8, 4) is 54.5 Å². The first-order chi connectivity index (χ1) is 29.7. The fraction of sp³-hybridized carbons (Fsp3) is 0.0189.